The lowest BCUT2D eigenvalue weighted by Gasteiger charge is -2.36. The summed E-state index contributed by atoms with van der Waals surface area (Å²) in [6.45, 7) is 9.47. The van der Waals surface area contributed by atoms with Crippen LogP contribution < -0.4 is 20.6 Å². The van der Waals surface area contributed by atoms with Crippen LogP contribution in [-0.4, -0.2) is 75.5 Å². The smallest absolute Gasteiger partial charge is 0.228 e. The highest BCUT2D eigenvalue weighted by Crippen LogP contribution is 2.46. The second kappa shape index (κ2) is 16.7. The first-order chi connectivity index (χ1) is 23.2. The molecule has 3 aromatic rings. The number of aliphatic hydroxyl groups is 1. The molecule has 0 bridgehead atoms. The van der Waals surface area contributed by atoms with Crippen molar-refractivity contribution in [3.05, 3.63) is 90.0 Å². The van der Waals surface area contributed by atoms with Gasteiger partial charge in [-0.1, -0.05) is 79.8 Å². The zero-order valence-corrected chi connectivity index (χ0v) is 30.0. The molecule has 1 unspecified atom stereocenters. The Morgan fingerprint density at radius 2 is 1.73 bits per heavy atom. The molecule has 48 heavy (non-hydrogen) atoms. The average Bonchev–Trinajstić information content (AvgIpc) is 3.43. The van der Waals surface area contributed by atoms with Crippen LogP contribution in [0.3, 0.4) is 0 Å². The van der Waals surface area contributed by atoms with Crippen LogP contribution >= 0.6 is 0 Å². The molecule has 9 heteroatoms. The van der Waals surface area contributed by atoms with Gasteiger partial charge >= 0.3 is 0 Å². The number of nitrogens with zero attached hydrogens (tertiary/aromatic N) is 1. The normalized spacial score (nSPS) is 22.6. The molecule has 0 aliphatic carbocycles. The molecule has 2 fully saturated rings. The number of aliphatic hydroxyl groups excluding tert-OH is 1. The Balaban J connectivity index is 1.29. The van der Waals surface area contributed by atoms with Gasteiger partial charge in [0.25, 0.3) is 0 Å². The lowest BCUT2D eigenvalue weighted by atomic mass is 9.95. The summed E-state index contributed by atoms with van der Waals surface area (Å²) in [6, 6.07) is 26.6. The Labute approximate surface area is 287 Å². The first-order valence-corrected chi connectivity index (χ1v) is 20.6. The number of methoxy groups -OCH3 is 1. The number of carbonyl (C=O) groups excluding carboxylic acids is 2. The molecule has 0 radical (unpaired) electrons. The number of benzene rings is 3. The summed E-state index contributed by atoms with van der Waals surface area (Å²) in [5.74, 6) is 1.21. The van der Waals surface area contributed by atoms with Crippen LogP contribution in [0.2, 0.25) is 18.6 Å². The van der Waals surface area contributed by atoms with Crippen LogP contribution in [0.15, 0.2) is 78.9 Å². The molecular weight excluding hydrogens is 619 g/mol. The Morgan fingerprint density at radius 1 is 1.00 bits per heavy atom. The maximum atomic E-state index is 13.9. The van der Waals surface area contributed by atoms with E-state index in [0.717, 1.165) is 55.8 Å². The largest absolute Gasteiger partial charge is 0.497 e. The number of piperidine rings is 1. The topological polar surface area (TPSA) is 100 Å². The summed E-state index contributed by atoms with van der Waals surface area (Å²) in [7, 11) is -0.452. The number of rotatable bonds is 14. The van der Waals surface area contributed by atoms with E-state index in [-0.39, 0.29) is 61.0 Å². The van der Waals surface area contributed by atoms with E-state index in [9.17, 15) is 14.7 Å². The Bertz CT molecular complexity index is 1460. The fourth-order valence-corrected chi connectivity index (χ4v) is 11.8. The number of hydrogen-bond donors (Lipinski definition) is 3. The van der Waals surface area contributed by atoms with Crippen LogP contribution in [0.5, 0.6) is 5.75 Å². The number of nitrogens with one attached hydrogen (secondary N) is 2. The maximum Gasteiger partial charge on any atom is 0.228 e. The maximum absolute atomic E-state index is 13.9. The zero-order valence-electron chi connectivity index (χ0n) is 29.0. The van der Waals surface area contributed by atoms with Gasteiger partial charge in [-0.3, -0.25) is 9.59 Å². The van der Waals surface area contributed by atoms with Gasteiger partial charge in [0.15, 0.2) is 0 Å². The summed E-state index contributed by atoms with van der Waals surface area (Å²) < 4.78 is 12.3. The van der Waals surface area contributed by atoms with Gasteiger partial charge in [0, 0.05) is 25.3 Å². The van der Waals surface area contributed by atoms with E-state index in [0.29, 0.717) is 6.54 Å². The molecule has 0 aromatic heterocycles. The second-order valence-corrected chi connectivity index (χ2v) is 18.7. The third-order valence-corrected chi connectivity index (χ3v) is 14.9. The minimum Gasteiger partial charge on any atom is -0.497 e. The van der Waals surface area contributed by atoms with E-state index < -0.39 is 8.07 Å². The standard InChI is InChI=1S/C39H53N3O5Si/c1-28-35(21-14-29-12-15-32(16-13-29)41-39(45)31-11-8-22-40-26-31)47-36(38(28)48(3,4)34-19-17-33(46-2)18-20-34)25-37(44)42(23-24-43)27-30-9-6-5-7-10-30/h5-7,9-10,12-13,15-20,28,31,35-36,38,40,43H,8,11,14,21-27H2,1-4H3,(H,41,45)/t28-,31?,35+,36-,38+/m1/s1. The summed E-state index contributed by atoms with van der Waals surface area (Å²) in [4.78, 5) is 28.4. The van der Waals surface area contributed by atoms with Crippen LogP contribution in [0.4, 0.5) is 5.69 Å². The molecule has 0 spiro atoms. The molecule has 2 aliphatic rings. The van der Waals surface area contributed by atoms with Crippen molar-refractivity contribution in [2.45, 2.75) is 76.4 Å². The molecule has 8 nitrogen and oxygen atoms in total. The van der Waals surface area contributed by atoms with E-state index >= 15 is 0 Å². The molecule has 258 valence electrons. The van der Waals surface area contributed by atoms with Gasteiger partial charge in [-0.2, -0.15) is 0 Å². The van der Waals surface area contributed by atoms with E-state index in [4.69, 9.17) is 9.47 Å². The second-order valence-electron chi connectivity index (χ2n) is 14.0. The molecule has 2 heterocycles. The number of amides is 2. The fraction of sp³-hybridized carbons (Fsp3) is 0.487. The van der Waals surface area contributed by atoms with Gasteiger partial charge in [-0.15, -0.1) is 0 Å². The van der Waals surface area contributed by atoms with Crippen LogP contribution in [0.1, 0.15) is 43.7 Å². The summed E-state index contributed by atoms with van der Waals surface area (Å²) in [6.07, 6.45) is 3.73. The van der Waals surface area contributed by atoms with Gasteiger partial charge in [0.05, 0.1) is 46.3 Å². The number of ether oxygens (including phenoxy) is 2. The highest BCUT2D eigenvalue weighted by molar-refractivity contribution is 6.91. The van der Waals surface area contributed by atoms with Crippen molar-refractivity contribution in [2.24, 2.45) is 11.8 Å². The molecule has 2 amide bonds. The van der Waals surface area contributed by atoms with Crippen molar-refractivity contribution in [1.29, 1.82) is 0 Å². The molecule has 2 saturated heterocycles. The van der Waals surface area contributed by atoms with Crippen LogP contribution in [0.25, 0.3) is 0 Å². The summed E-state index contributed by atoms with van der Waals surface area (Å²) in [5, 5.41) is 17.5. The van der Waals surface area contributed by atoms with E-state index in [1.807, 2.05) is 54.6 Å². The molecular formula is C39H53N3O5Si. The molecule has 0 saturated carbocycles. The number of aryl methyl sites for hydroxylation is 1. The van der Waals surface area contributed by atoms with Crippen molar-refractivity contribution in [1.82, 2.24) is 10.2 Å². The first kappa shape index (κ1) is 35.8. The Hall–Kier alpha value is -3.50. The highest BCUT2D eigenvalue weighted by atomic mass is 28.3. The first-order valence-electron chi connectivity index (χ1n) is 17.5. The SMILES string of the molecule is COc1ccc([Si](C)(C)[C@H]2[C@H](C)[C@H](CCc3ccc(NC(=O)C4CCCNC4)cc3)O[C@@H]2CC(=O)N(CCO)Cc2ccccc2)cc1. The fourth-order valence-electron chi connectivity index (χ4n) is 7.75. The van der Waals surface area contributed by atoms with E-state index in [1.54, 1.807) is 12.0 Å². The molecule has 3 N–H and O–H groups in total. The highest BCUT2D eigenvalue weighted by Gasteiger charge is 2.51. The van der Waals surface area contributed by atoms with Crippen molar-refractivity contribution in [3.63, 3.8) is 0 Å². The van der Waals surface area contributed by atoms with Gasteiger partial charge in [-0.05, 0) is 79.1 Å². The number of anilines is 1. The van der Waals surface area contributed by atoms with Crippen LogP contribution in [0, 0.1) is 11.8 Å². The monoisotopic (exact) mass is 671 g/mol. The predicted octanol–water partition coefficient (Wildman–Crippen LogP) is 5.37. The third kappa shape index (κ3) is 8.94. The molecule has 5 rings (SSSR count). The number of hydrogen-bond acceptors (Lipinski definition) is 6. The number of carbonyl (C=O) groups is 2. The van der Waals surface area contributed by atoms with Crippen molar-refractivity contribution in [3.8, 4) is 5.75 Å². The van der Waals surface area contributed by atoms with Crippen LogP contribution in [-0.2, 0) is 27.3 Å². The van der Waals surface area contributed by atoms with Crippen molar-refractivity contribution < 1.29 is 24.2 Å². The molecule has 5 atom stereocenters. The van der Waals surface area contributed by atoms with Gasteiger partial charge in [0.2, 0.25) is 11.8 Å². The lowest BCUT2D eigenvalue weighted by molar-refractivity contribution is -0.135. The van der Waals surface area contributed by atoms with Gasteiger partial charge < -0.3 is 30.1 Å². The summed E-state index contributed by atoms with van der Waals surface area (Å²) >= 11 is 0. The quantitative estimate of drug-likeness (QED) is 0.200. The molecule has 2 aliphatic heterocycles. The van der Waals surface area contributed by atoms with E-state index in [2.05, 4.69) is 54.9 Å². The molecule has 3 aromatic carbocycles. The zero-order chi connectivity index (χ0) is 34.1. The van der Waals surface area contributed by atoms with E-state index in [1.165, 1.54) is 10.8 Å². The Kier molecular flexibility index (Phi) is 12.5. The van der Waals surface area contributed by atoms with Crippen molar-refractivity contribution >= 4 is 30.8 Å². The van der Waals surface area contributed by atoms with Crippen molar-refractivity contribution in [2.75, 3.05) is 38.7 Å². The van der Waals surface area contributed by atoms with Gasteiger partial charge in [-0.25, -0.2) is 0 Å². The lowest BCUT2D eigenvalue weighted by Crippen LogP contribution is -2.51. The average molecular weight is 672 g/mol. The Morgan fingerprint density at radius 3 is 2.38 bits per heavy atom. The van der Waals surface area contributed by atoms with Gasteiger partial charge in [0.1, 0.15) is 5.75 Å². The summed E-state index contributed by atoms with van der Waals surface area (Å²) in [5.41, 5.74) is 3.29. The minimum atomic E-state index is -2.14. The predicted molar refractivity (Wildman–Crippen MR) is 194 cm³/mol. The third-order valence-electron chi connectivity index (χ3n) is 10.5. The minimum absolute atomic E-state index is 0.0106.